The van der Waals surface area contributed by atoms with Crippen LogP contribution >= 0.6 is 0 Å². The molecule has 0 amide bonds. The zero-order valence-corrected chi connectivity index (χ0v) is 16.4. The maximum absolute atomic E-state index is 2.49. The molecule has 0 spiro atoms. The molecule has 130 valence electrons. The lowest BCUT2D eigenvalue weighted by molar-refractivity contribution is 0.651. The van der Waals surface area contributed by atoms with Gasteiger partial charge in [0.05, 0.1) is 0 Å². The van der Waals surface area contributed by atoms with Gasteiger partial charge < -0.3 is 0 Å². The summed E-state index contributed by atoms with van der Waals surface area (Å²) in [5, 5.41) is 0. The van der Waals surface area contributed by atoms with Crippen molar-refractivity contribution in [3.8, 4) is 22.3 Å². The zero-order chi connectivity index (χ0) is 18.3. The number of aryl methyl sites for hydroxylation is 1. The lowest BCUT2D eigenvalue weighted by Gasteiger charge is -2.24. The van der Waals surface area contributed by atoms with Crippen LogP contribution in [0, 0.1) is 0 Å². The van der Waals surface area contributed by atoms with E-state index < -0.39 is 0 Å². The van der Waals surface area contributed by atoms with E-state index in [0.29, 0.717) is 0 Å². The highest BCUT2D eigenvalue weighted by Crippen LogP contribution is 2.55. The van der Waals surface area contributed by atoms with E-state index >= 15 is 0 Å². The molecule has 0 aliphatic heterocycles. The van der Waals surface area contributed by atoms with Gasteiger partial charge in [0.2, 0.25) is 0 Å². The Balaban J connectivity index is 1.82. The zero-order valence-electron chi connectivity index (χ0n) is 16.4. The summed E-state index contributed by atoms with van der Waals surface area (Å²) in [5.41, 5.74) is 13.2. The molecule has 5 rings (SSSR count). The van der Waals surface area contributed by atoms with Gasteiger partial charge in [0.25, 0.3) is 0 Å². The van der Waals surface area contributed by atoms with Gasteiger partial charge >= 0.3 is 0 Å². The highest BCUT2D eigenvalue weighted by molar-refractivity contribution is 5.89. The van der Waals surface area contributed by atoms with Gasteiger partial charge in [-0.2, -0.15) is 0 Å². The van der Waals surface area contributed by atoms with E-state index in [4.69, 9.17) is 0 Å². The van der Waals surface area contributed by atoms with Crippen molar-refractivity contribution in [2.75, 3.05) is 0 Å². The molecule has 0 heteroatoms. The van der Waals surface area contributed by atoms with E-state index in [1.54, 1.807) is 0 Å². The Bertz CT molecular complexity index is 1060. The molecule has 0 heterocycles. The second kappa shape index (κ2) is 4.88. The summed E-state index contributed by atoms with van der Waals surface area (Å²) in [6.07, 6.45) is 1.09. The van der Waals surface area contributed by atoms with Gasteiger partial charge in [-0.1, -0.05) is 77.1 Å². The molecule has 0 atom stereocenters. The Kier molecular flexibility index (Phi) is 2.98. The first-order chi connectivity index (χ1) is 12.4. The molecule has 3 aromatic carbocycles. The third-order valence-electron chi connectivity index (χ3n) is 6.85. The van der Waals surface area contributed by atoms with Crippen LogP contribution in [0.3, 0.4) is 0 Å². The van der Waals surface area contributed by atoms with Crippen LogP contribution < -0.4 is 0 Å². The van der Waals surface area contributed by atoms with Gasteiger partial charge in [-0.05, 0) is 68.6 Å². The molecule has 0 nitrogen and oxygen atoms in total. The van der Waals surface area contributed by atoms with Crippen molar-refractivity contribution >= 4 is 0 Å². The molecule has 0 bridgehead atoms. The van der Waals surface area contributed by atoms with Crippen molar-refractivity contribution in [1.29, 1.82) is 0 Å². The molecule has 0 unspecified atom stereocenters. The monoisotopic (exact) mass is 338 g/mol. The molecule has 3 aromatic rings. The van der Waals surface area contributed by atoms with Crippen LogP contribution in [-0.4, -0.2) is 0 Å². The van der Waals surface area contributed by atoms with Gasteiger partial charge in [-0.25, -0.2) is 0 Å². The molecular weight excluding hydrogens is 312 g/mol. The van der Waals surface area contributed by atoms with Gasteiger partial charge in [0, 0.05) is 10.8 Å². The van der Waals surface area contributed by atoms with Crippen LogP contribution in [0.15, 0.2) is 54.6 Å². The van der Waals surface area contributed by atoms with Gasteiger partial charge in [-0.15, -0.1) is 0 Å². The maximum Gasteiger partial charge on any atom is 0.0159 e. The Morgan fingerprint density at radius 2 is 1.12 bits per heavy atom. The lowest BCUT2D eigenvalue weighted by Crippen LogP contribution is -2.17. The van der Waals surface area contributed by atoms with Crippen LogP contribution in [0.5, 0.6) is 0 Å². The molecule has 0 N–H and O–H groups in total. The molecule has 2 aliphatic carbocycles. The molecule has 0 saturated carbocycles. The van der Waals surface area contributed by atoms with Gasteiger partial charge in [0.15, 0.2) is 0 Å². The maximum atomic E-state index is 2.49. The molecule has 26 heavy (non-hydrogen) atoms. The predicted molar refractivity (Wildman–Crippen MR) is 111 cm³/mol. The van der Waals surface area contributed by atoms with Gasteiger partial charge in [-0.3, -0.25) is 0 Å². The fraction of sp³-hybridized carbons (Fsp3) is 0.308. The summed E-state index contributed by atoms with van der Waals surface area (Å²) >= 11 is 0. The summed E-state index contributed by atoms with van der Waals surface area (Å²) in [5.74, 6) is 0. The van der Waals surface area contributed by atoms with Crippen molar-refractivity contribution in [3.63, 3.8) is 0 Å². The Hall–Kier alpha value is -2.34. The summed E-state index contributed by atoms with van der Waals surface area (Å²) in [7, 11) is 0. The molecule has 0 saturated heterocycles. The Morgan fingerprint density at radius 3 is 1.77 bits per heavy atom. The van der Waals surface area contributed by atoms with Crippen LogP contribution in [0.1, 0.15) is 62.4 Å². The number of hydrogen-bond donors (Lipinski definition) is 0. The van der Waals surface area contributed by atoms with Crippen molar-refractivity contribution in [2.45, 2.75) is 51.9 Å². The third kappa shape index (κ3) is 1.80. The highest BCUT2D eigenvalue weighted by Gasteiger charge is 2.41. The minimum atomic E-state index is 0.0621. The Labute approximate surface area is 156 Å². The van der Waals surface area contributed by atoms with E-state index in [9.17, 15) is 0 Å². The molecule has 0 radical (unpaired) electrons. The first kappa shape index (κ1) is 15.9. The summed E-state index contributed by atoms with van der Waals surface area (Å²) < 4.78 is 0. The van der Waals surface area contributed by atoms with Crippen molar-refractivity contribution in [3.05, 3.63) is 82.4 Å². The minimum absolute atomic E-state index is 0.0621. The summed E-state index contributed by atoms with van der Waals surface area (Å²) in [4.78, 5) is 0. The van der Waals surface area contributed by atoms with E-state index in [1.165, 1.54) is 50.1 Å². The second-order valence-corrected chi connectivity index (χ2v) is 8.97. The normalized spacial score (nSPS) is 17.4. The second-order valence-electron chi connectivity index (χ2n) is 8.97. The van der Waals surface area contributed by atoms with Crippen LogP contribution in [0.4, 0.5) is 0 Å². The number of rotatable bonds is 1. The van der Waals surface area contributed by atoms with Crippen molar-refractivity contribution < 1.29 is 0 Å². The van der Waals surface area contributed by atoms with E-state index in [0.717, 1.165) is 6.42 Å². The third-order valence-corrected chi connectivity index (χ3v) is 6.85. The fourth-order valence-corrected chi connectivity index (χ4v) is 5.20. The molecule has 2 aliphatic rings. The first-order valence-electron chi connectivity index (χ1n) is 9.78. The lowest BCUT2D eigenvalue weighted by atomic mass is 9.79. The van der Waals surface area contributed by atoms with E-state index in [1.807, 2.05) is 0 Å². The van der Waals surface area contributed by atoms with Crippen molar-refractivity contribution in [1.82, 2.24) is 0 Å². The number of hydrogen-bond acceptors (Lipinski definition) is 0. The van der Waals surface area contributed by atoms with E-state index in [2.05, 4.69) is 89.2 Å². The SMILES string of the molecule is CCc1ccc2c(c1)C(C)(C)c1cc3c(cc1-2)C(C)(C)c1ccccc1-3. The van der Waals surface area contributed by atoms with E-state index in [-0.39, 0.29) is 10.8 Å². The molecule has 0 aromatic heterocycles. The predicted octanol–water partition coefficient (Wildman–Crippen LogP) is 6.86. The fourth-order valence-electron chi connectivity index (χ4n) is 5.20. The number of fused-ring (bicyclic) bond motifs is 6. The highest BCUT2D eigenvalue weighted by atomic mass is 14.4. The quantitative estimate of drug-likeness (QED) is 0.454. The van der Waals surface area contributed by atoms with Crippen LogP contribution in [0.2, 0.25) is 0 Å². The largest absolute Gasteiger partial charge is 0.0619 e. The Morgan fingerprint density at radius 1 is 0.577 bits per heavy atom. The topological polar surface area (TPSA) is 0 Å². The summed E-state index contributed by atoms with van der Waals surface area (Å²) in [6, 6.07) is 21.0. The van der Waals surface area contributed by atoms with Gasteiger partial charge in [0.1, 0.15) is 0 Å². The average Bonchev–Trinajstić information content (AvgIpc) is 3.00. The molecule has 0 fully saturated rings. The summed E-state index contributed by atoms with van der Waals surface area (Å²) in [6.45, 7) is 11.7. The smallest absolute Gasteiger partial charge is 0.0159 e. The minimum Gasteiger partial charge on any atom is -0.0619 e. The first-order valence-corrected chi connectivity index (χ1v) is 9.78. The van der Waals surface area contributed by atoms with Crippen LogP contribution in [-0.2, 0) is 17.3 Å². The van der Waals surface area contributed by atoms with Crippen molar-refractivity contribution in [2.24, 2.45) is 0 Å². The standard InChI is InChI=1S/C26H26/c1-6-16-11-12-18-20-15-23-19(14-24(20)26(4,5)22(18)13-16)17-9-7-8-10-21(17)25(23,2)3/h7-15H,6H2,1-5H3. The average molecular weight is 338 g/mol. The van der Waals surface area contributed by atoms with Crippen LogP contribution in [0.25, 0.3) is 22.3 Å². The molecular formula is C26H26. The number of benzene rings is 3.